The number of hydrogen-bond donors (Lipinski definition) is 0. The monoisotopic (exact) mass is 418 g/mol. The van der Waals surface area contributed by atoms with Crippen molar-refractivity contribution in [2.24, 2.45) is 4.99 Å². The highest BCUT2D eigenvalue weighted by Crippen LogP contribution is 2.27. The molecular weight excluding hydrogens is 392 g/mol. The third-order valence-corrected chi connectivity index (χ3v) is 6.31. The van der Waals surface area contributed by atoms with E-state index in [2.05, 4.69) is 47.7 Å². The lowest BCUT2D eigenvalue weighted by atomic mass is 10.1. The molecule has 30 heavy (non-hydrogen) atoms. The van der Waals surface area contributed by atoms with Gasteiger partial charge in [-0.05, 0) is 43.0 Å². The van der Waals surface area contributed by atoms with Gasteiger partial charge in [0.05, 0.1) is 16.8 Å². The number of aryl methyl sites for hydroxylation is 1. The molecule has 0 radical (unpaired) electrons. The fourth-order valence-electron chi connectivity index (χ4n) is 3.60. The minimum Gasteiger partial charge on any atom is -0.494 e. The molecule has 1 heterocycles. The summed E-state index contributed by atoms with van der Waals surface area (Å²) in [6.45, 7) is 5.67. The number of carbonyl (C=O) groups is 1. The van der Waals surface area contributed by atoms with E-state index < -0.39 is 0 Å². The second-order valence-corrected chi connectivity index (χ2v) is 8.24. The standard InChI is InChI=1S/C25H26N2O2S/c1-3-5-8-16-29-20-12-9-11-19(17-20)24(28)26-25-27(4-2)22-15-14-18-10-6-7-13-21(18)23(22)30-25/h6-7,9-15,17H,3-5,8,16H2,1-2H3. The molecule has 4 rings (SSSR count). The van der Waals surface area contributed by atoms with Crippen molar-refractivity contribution >= 4 is 38.2 Å². The summed E-state index contributed by atoms with van der Waals surface area (Å²) in [7, 11) is 0. The lowest BCUT2D eigenvalue weighted by Crippen LogP contribution is -2.15. The number of hydrogen-bond acceptors (Lipinski definition) is 3. The second kappa shape index (κ2) is 9.26. The normalized spacial score (nSPS) is 12.0. The SMILES string of the molecule is CCCCCOc1cccc(C(=O)N=c2sc3c4ccccc4ccc3n2CC)c1. The Morgan fingerprint density at radius 1 is 1.03 bits per heavy atom. The van der Waals surface area contributed by atoms with Crippen LogP contribution in [0.2, 0.25) is 0 Å². The first kappa shape index (κ1) is 20.4. The van der Waals surface area contributed by atoms with E-state index in [4.69, 9.17) is 4.74 Å². The highest BCUT2D eigenvalue weighted by molar-refractivity contribution is 7.17. The van der Waals surface area contributed by atoms with Gasteiger partial charge in [-0.15, -0.1) is 0 Å². The van der Waals surface area contributed by atoms with Crippen molar-refractivity contribution in [3.05, 3.63) is 71.0 Å². The predicted molar refractivity (Wildman–Crippen MR) is 124 cm³/mol. The number of fused-ring (bicyclic) bond motifs is 3. The van der Waals surface area contributed by atoms with Gasteiger partial charge in [-0.3, -0.25) is 4.79 Å². The molecule has 4 nitrogen and oxygen atoms in total. The third kappa shape index (κ3) is 4.17. The van der Waals surface area contributed by atoms with E-state index in [-0.39, 0.29) is 5.91 Å². The minimum atomic E-state index is -0.243. The largest absolute Gasteiger partial charge is 0.494 e. The maximum atomic E-state index is 12.9. The summed E-state index contributed by atoms with van der Waals surface area (Å²) in [5.41, 5.74) is 1.66. The van der Waals surface area contributed by atoms with Gasteiger partial charge >= 0.3 is 0 Å². The number of carbonyl (C=O) groups excluding carboxylic acids is 1. The van der Waals surface area contributed by atoms with Crippen LogP contribution in [0.3, 0.4) is 0 Å². The van der Waals surface area contributed by atoms with Crippen molar-refractivity contribution in [2.75, 3.05) is 6.61 Å². The Morgan fingerprint density at radius 3 is 2.73 bits per heavy atom. The van der Waals surface area contributed by atoms with E-state index in [1.807, 2.05) is 24.3 Å². The van der Waals surface area contributed by atoms with Gasteiger partial charge in [0.25, 0.3) is 5.91 Å². The molecular formula is C25H26N2O2S. The van der Waals surface area contributed by atoms with Crippen LogP contribution in [0, 0.1) is 0 Å². The third-order valence-electron chi connectivity index (χ3n) is 5.18. The van der Waals surface area contributed by atoms with Crippen molar-refractivity contribution in [3.8, 4) is 5.75 Å². The number of nitrogens with zero attached hydrogens (tertiary/aromatic N) is 2. The first-order chi connectivity index (χ1) is 14.7. The van der Waals surface area contributed by atoms with Gasteiger partial charge in [0.1, 0.15) is 5.75 Å². The van der Waals surface area contributed by atoms with Crippen molar-refractivity contribution in [1.29, 1.82) is 0 Å². The quantitative estimate of drug-likeness (QED) is 0.336. The first-order valence-electron chi connectivity index (χ1n) is 10.5. The van der Waals surface area contributed by atoms with Gasteiger partial charge in [0.15, 0.2) is 4.80 Å². The highest BCUT2D eigenvalue weighted by Gasteiger charge is 2.11. The summed E-state index contributed by atoms with van der Waals surface area (Å²) in [5.74, 6) is 0.477. The molecule has 0 saturated carbocycles. The molecule has 0 aliphatic heterocycles. The average Bonchev–Trinajstić information content (AvgIpc) is 3.14. The fourth-order valence-corrected chi connectivity index (χ4v) is 4.83. The molecule has 0 N–H and O–H groups in total. The Balaban J connectivity index is 1.69. The molecule has 0 spiro atoms. The minimum absolute atomic E-state index is 0.243. The maximum absolute atomic E-state index is 12.9. The van der Waals surface area contributed by atoms with Gasteiger partial charge in [0, 0.05) is 17.5 Å². The number of amides is 1. The number of ether oxygens (including phenoxy) is 1. The van der Waals surface area contributed by atoms with Crippen LogP contribution in [0.5, 0.6) is 5.75 Å². The first-order valence-corrected chi connectivity index (χ1v) is 11.4. The van der Waals surface area contributed by atoms with E-state index in [0.717, 1.165) is 46.6 Å². The van der Waals surface area contributed by atoms with Crippen LogP contribution < -0.4 is 9.54 Å². The Hall–Kier alpha value is -2.92. The summed E-state index contributed by atoms with van der Waals surface area (Å²) in [5, 5.41) is 2.39. The van der Waals surface area contributed by atoms with E-state index >= 15 is 0 Å². The van der Waals surface area contributed by atoms with Crippen molar-refractivity contribution in [1.82, 2.24) is 4.57 Å². The molecule has 154 valence electrons. The summed E-state index contributed by atoms with van der Waals surface area (Å²) in [4.78, 5) is 18.1. The zero-order valence-electron chi connectivity index (χ0n) is 17.4. The lowest BCUT2D eigenvalue weighted by Gasteiger charge is -2.06. The van der Waals surface area contributed by atoms with Crippen LogP contribution in [0.15, 0.2) is 65.7 Å². The summed E-state index contributed by atoms with van der Waals surface area (Å²) in [6.07, 6.45) is 3.32. The molecule has 0 atom stereocenters. The van der Waals surface area contributed by atoms with Gasteiger partial charge in [-0.1, -0.05) is 67.5 Å². The molecule has 0 aliphatic rings. The van der Waals surface area contributed by atoms with Crippen LogP contribution in [0.4, 0.5) is 0 Å². The zero-order valence-corrected chi connectivity index (χ0v) is 18.2. The van der Waals surface area contributed by atoms with E-state index in [1.54, 1.807) is 23.5 Å². The number of thiazole rings is 1. The Kier molecular flexibility index (Phi) is 6.29. The molecule has 0 fully saturated rings. The maximum Gasteiger partial charge on any atom is 0.279 e. The topological polar surface area (TPSA) is 43.6 Å². The van der Waals surface area contributed by atoms with Crippen molar-refractivity contribution in [2.45, 2.75) is 39.7 Å². The second-order valence-electron chi connectivity index (χ2n) is 7.26. The number of aromatic nitrogens is 1. The summed E-state index contributed by atoms with van der Waals surface area (Å²) >= 11 is 1.57. The molecule has 5 heteroatoms. The Morgan fingerprint density at radius 2 is 1.90 bits per heavy atom. The van der Waals surface area contributed by atoms with Crippen LogP contribution in [0.1, 0.15) is 43.5 Å². The zero-order chi connectivity index (χ0) is 20.9. The average molecular weight is 419 g/mol. The van der Waals surface area contributed by atoms with Crippen molar-refractivity contribution in [3.63, 3.8) is 0 Å². The number of unbranched alkanes of at least 4 members (excludes halogenated alkanes) is 2. The molecule has 4 aromatic rings. The predicted octanol–water partition coefficient (Wildman–Crippen LogP) is 6.19. The van der Waals surface area contributed by atoms with E-state index in [9.17, 15) is 4.79 Å². The van der Waals surface area contributed by atoms with Gasteiger partial charge < -0.3 is 9.30 Å². The van der Waals surface area contributed by atoms with Gasteiger partial charge in [0.2, 0.25) is 0 Å². The van der Waals surface area contributed by atoms with Crippen molar-refractivity contribution < 1.29 is 9.53 Å². The highest BCUT2D eigenvalue weighted by atomic mass is 32.1. The Labute approximate surface area is 180 Å². The smallest absolute Gasteiger partial charge is 0.279 e. The van der Waals surface area contributed by atoms with Crippen LogP contribution in [-0.2, 0) is 6.54 Å². The molecule has 0 unspecified atom stereocenters. The number of rotatable bonds is 7. The molecule has 0 saturated heterocycles. The fraction of sp³-hybridized carbons (Fsp3) is 0.280. The van der Waals surface area contributed by atoms with Gasteiger partial charge in [-0.25, -0.2) is 0 Å². The van der Waals surface area contributed by atoms with Crippen LogP contribution in [-0.4, -0.2) is 17.1 Å². The van der Waals surface area contributed by atoms with Crippen LogP contribution >= 0.6 is 11.3 Å². The van der Waals surface area contributed by atoms with Gasteiger partial charge in [-0.2, -0.15) is 4.99 Å². The van der Waals surface area contributed by atoms with E-state index in [1.165, 1.54) is 10.8 Å². The molecule has 0 bridgehead atoms. The summed E-state index contributed by atoms with van der Waals surface area (Å²) in [6, 6.07) is 19.9. The molecule has 1 amide bonds. The van der Waals surface area contributed by atoms with Crippen LogP contribution in [0.25, 0.3) is 21.0 Å². The summed E-state index contributed by atoms with van der Waals surface area (Å²) < 4.78 is 9.06. The molecule has 0 aliphatic carbocycles. The lowest BCUT2D eigenvalue weighted by molar-refractivity contribution is 0.0997. The molecule has 1 aromatic heterocycles. The number of benzene rings is 3. The Bertz CT molecular complexity index is 1250. The molecule has 3 aromatic carbocycles. The van der Waals surface area contributed by atoms with E-state index in [0.29, 0.717) is 12.2 Å².